The number of piperazine rings is 1. The number of amides is 2. The molecule has 1 unspecified atom stereocenters. The van der Waals surface area contributed by atoms with E-state index in [1.165, 1.54) is 11.8 Å². The van der Waals surface area contributed by atoms with E-state index in [4.69, 9.17) is 8.83 Å². The Bertz CT molecular complexity index is 1130. The summed E-state index contributed by atoms with van der Waals surface area (Å²) in [5.74, 6) is 1.20. The minimum Gasteiger partial charge on any atom is -0.459 e. The number of piperidine rings is 1. The predicted octanol–water partition coefficient (Wildman–Crippen LogP) is 3.30. The van der Waals surface area contributed by atoms with Crippen LogP contribution in [0, 0.1) is 11.3 Å². The summed E-state index contributed by atoms with van der Waals surface area (Å²) in [6, 6.07) is 16.2. The second-order valence-electron chi connectivity index (χ2n) is 8.75. The summed E-state index contributed by atoms with van der Waals surface area (Å²) in [5, 5.41) is 12.7. The molecule has 2 aromatic heterocycles. The summed E-state index contributed by atoms with van der Waals surface area (Å²) < 4.78 is 11.2. The predicted molar refractivity (Wildman–Crippen MR) is 126 cm³/mol. The van der Waals surface area contributed by atoms with Gasteiger partial charge in [-0.05, 0) is 37.1 Å². The first-order valence-electron chi connectivity index (χ1n) is 11.7. The maximum Gasteiger partial charge on any atom is 0.317 e. The van der Waals surface area contributed by atoms with Gasteiger partial charge in [-0.15, -0.1) is 0 Å². The molecule has 4 heterocycles. The van der Waals surface area contributed by atoms with Gasteiger partial charge in [0.05, 0.1) is 6.26 Å². The lowest BCUT2D eigenvalue weighted by Gasteiger charge is -2.37. The van der Waals surface area contributed by atoms with E-state index in [1.807, 2.05) is 15.9 Å². The molecular formula is C25H28N6O3. The first-order valence-corrected chi connectivity index (χ1v) is 11.7. The number of nitrogens with one attached hydrogen (secondary N) is 1. The Labute approximate surface area is 198 Å². The zero-order valence-corrected chi connectivity index (χ0v) is 19.0. The molecule has 176 valence electrons. The maximum absolute atomic E-state index is 12.9. The molecule has 5 rings (SSSR count). The molecule has 2 saturated heterocycles. The first kappa shape index (κ1) is 22.0. The lowest BCUT2D eigenvalue weighted by molar-refractivity contribution is 0.161. The van der Waals surface area contributed by atoms with Gasteiger partial charge in [-0.1, -0.05) is 30.3 Å². The average molecular weight is 461 g/mol. The number of rotatable bonds is 5. The molecule has 2 aliphatic rings. The van der Waals surface area contributed by atoms with Gasteiger partial charge in [-0.25, -0.2) is 4.79 Å². The topological polar surface area (TPSA) is 102 Å². The highest BCUT2D eigenvalue weighted by atomic mass is 16.4. The number of hydrogen-bond acceptors (Lipinski definition) is 7. The van der Waals surface area contributed by atoms with Crippen molar-refractivity contribution in [2.75, 3.05) is 44.2 Å². The van der Waals surface area contributed by atoms with E-state index in [0.717, 1.165) is 32.5 Å². The third-order valence-electron chi connectivity index (χ3n) is 6.38. The fraction of sp³-hybridized carbons (Fsp3) is 0.400. The van der Waals surface area contributed by atoms with Crippen LogP contribution < -0.4 is 10.2 Å². The minimum absolute atomic E-state index is 0.0273. The van der Waals surface area contributed by atoms with Gasteiger partial charge in [0.25, 0.3) is 5.89 Å². The molecular weight excluding hydrogens is 432 g/mol. The number of carbonyl (C=O) groups excluding carboxylic acids is 1. The molecule has 9 nitrogen and oxygen atoms in total. The summed E-state index contributed by atoms with van der Waals surface area (Å²) >= 11 is 0. The van der Waals surface area contributed by atoms with E-state index >= 15 is 0 Å². The van der Waals surface area contributed by atoms with Crippen LogP contribution in [0.2, 0.25) is 0 Å². The quantitative estimate of drug-likeness (QED) is 0.623. The lowest BCUT2D eigenvalue weighted by atomic mass is 10.0. The van der Waals surface area contributed by atoms with Crippen molar-refractivity contribution in [3.05, 3.63) is 60.0 Å². The van der Waals surface area contributed by atoms with Gasteiger partial charge in [0.1, 0.15) is 6.07 Å². The van der Waals surface area contributed by atoms with Crippen molar-refractivity contribution < 1.29 is 13.6 Å². The molecule has 34 heavy (non-hydrogen) atoms. The Balaban J connectivity index is 1.14. The highest BCUT2D eigenvalue weighted by molar-refractivity contribution is 5.75. The highest BCUT2D eigenvalue weighted by Crippen LogP contribution is 2.29. The van der Waals surface area contributed by atoms with Gasteiger partial charge < -0.3 is 24.0 Å². The Morgan fingerprint density at radius 3 is 2.68 bits per heavy atom. The van der Waals surface area contributed by atoms with Crippen LogP contribution in [0.25, 0.3) is 11.7 Å². The molecule has 1 atom stereocenters. The van der Waals surface area contributed by atoms with Crippen LogP contribution in [-0.4, -0.2) is 66.1 Å². The Hall–Kier alpha value is -3.77. The zero-order chi connectivity index (χ0) is 23.3. The van der Waals surface area contributed by atoms with Crippen molar-refractivity contribution in [3.8, 4) is 17.7 Å². The van der Waals surface area contributed by atoms with Crippen LogP contribution in [0.3, 0.4) is 0 Å². The lowest BCUT2D eigenvalue weighted by Crippen LogP contribution is -2.56. The molecule has 0 bridgehead atoms. The molecule has 9 heteroatoms. The van der Waals surface area contributed by atoms with Crippen LogP contribution >= 0.6 is 0 Å². The average Bonchev–Trinajstić information content (AvgIpc) is 3.55. The monoisotopic (exact) mass is 460 g/mol. The number of benzene rings is 1. The van der Waals surface area contributed by atoms with Crippen LogP contribution in [-0.2, 0) is 6.54 Å². The largest absolute Gasteiger partial charge is 0.459 e. The molecule has 0 aliphatic carbocycles. The van der Waals surface area contributed by atoms with Crippen LogP contribution in [0.15, 0.2) is 57.6 Å². The highest BCUT2D eigenvalue weighted by Gasteiger charge is 2.29. The molecule has 2 aliphatic heterocycles. The fourth-order valence-electron chi connectivity index (χ4n) is 4.64. The molecule has 2 fully saturated rings. The summed E-state index contributed by atoms with van der Waals surface area (Å²) in [6.45, 7) is 5.06. The van der Waals surface area contributed by atoms with E-state index in [0.29, 0.717) is 37.8 Å². The number of nitriles is 1. The third-order valence-corrected chi connectivity index (χ3v) is 6.38. The number of oxazole rings is 1. The van der Waals surface area contributed by atoms with E-state index in [1.54, 1.807) is 12.1 Å². The van der Waals surface area contributed by atoms with Crippen molar-refractivity contribution in [1.82, 2.24) is 20.1 Å². The summed E-state index contributed by atoms with van der Waals surface area (Å²) in [7, 11) is 0. The number of aromatic nitrogens is 1. The summed E-state index contributed by atoms with van der Waals surface area (Å²) in [5.41, 5.74) is 1.52. The summed E-state index contributed by atoms with van der Waals surface area (Å²) in [6.07, 6.45) is 3.61. The Morgan fingerprint density at radius 2 is 1.94 bits per heavy atom. The van der Waals surface area contributed by atoms with Crippen molar-refractivity contribution >= 4 is 11.9 Å². The SMILES string of the molecule is N#Cc1nc(-c2ccco2)oc1N1CCN(C(=O)NC2CCCN(Cc3ccccc3)C2)CC1. The number of carbonyl (C=O) groups is 1. The second kappa shape index (κ2) is 10.0. The molecule has 3 aromatic rings. The Morgan fingerprint density at radius 1 is 1.12 bits per heavy atom. The molecule has 1 aromatic carbocycles. The van der Waals surface area contributed by atoms with Gasteiger partial charge in [0.15, 0.2) is 5.76 Å². The first-order chi connectivity index (χ1) is 16.7. The van der Waals surface area contributed by atoms with Crippen LogP contribution in [0.1, 0.15) is 24.1 Å². The van der Waals surface area contributed by atoms with Crippen molar-refractivity contribution in [2.45, 2.75) is 25.4 Å². The molecule has 0 spiro atoms. The third kappa shape index (κ3) is 4.92. The zero-order valence-electron chi connectivity index (χ0n) is 19.0. The van der Waals surface area contributed by atoms with E-state index < -0.39 is 0 Å². The van der Waals surface area contributed by atoms with Crippen molar-refractivity contribution in [2.24, 2.45) is 0 Å². The number of likely N-dealkylation sites (tertiary alicyclic amines) is 1. The smallest absolute Gasteiger partial charge is 0.317 e. The van der Waals surface area contributed by atoms with Crippen LogP contribution in [0.4, 0.5) is 10.7 Å². The van der Waals surface area contributed by atoms with Crippen molar-refractivity contribution in [1.29, 1.82) is 5.26 Å². The standard InChI is InChI=1S/C25H28N6O3/c26-16-21-24(34-23(28-21)22-9-5-15-33-22)30-11-13-31(14-12-30)25(32)27-20-8-4-10-29(18-20)17-19-6-2-1-3-7-19/h1-3,5-7,9,15,20H,4,8,10-14,17-18H2,(H,27,32). The fourth-order valence-corrected chi connectivity index (χ4v) is 4.64. The number of furan rings is 1. The van der Waals surface area contributed by atoms with Gasteiger partial charge in [0.2, 0.25) is 11.6 Å². The maximum atomic E-state index is 12.9. The van der Waals surface area contributed by atoms with Crippen LogP contribution in [0.5, 0.6) is 0 Å². The molecule has 0 radical (unpaired) electrons. The van der Waals surface area contributed by atoms with Gasteiger partial charge >= 0.3 is 6.03 Å². The van der Waals surface area contributed by atoms with Gasteiger partial charge in [0, 0.05) is 45.3 Å². The van der Waals surface area contributed by atoms with E-state index in [2.05, 4.69) is 45.5 Å². The molecule has 0 saturated carbocycles. The number of nitrogens with zero attached hydrogens (tertiary/aromatic N) is 5. The number of anilines is 1. The summed E-state index contributed by atoms with van der Waals surface area (Å²) in [4.78, 5) is 23.4. The van der Waals surface area contributed by atoms with E-state index in [-0.39, 0.29) is 23.7 Å². The normalized spacial score (nSPS) is 19.1. The number of hydrogen-bond donors (Lipinski definition) is 1. The van der Waals surface area contributed by atoms with Gasteiger partial charge in [-0.2, -0.15) is 10.2 Å². The van der Waals surface area contributed by atoms with Gasteiger partial charge in [-0.3, -0.25) is 4.90 Å². The van der Waals surface area contributed by atoms with E-state index in [9.17, 15) is 10.1 Å². The minimum atomic E-state index is -0.0273. The van der Waals surface area contributed by atoms with Crippen molar-refractivity contribution in [3.63, 3.8) is 0 Å². The number of urea groups is 1. The second-order valence-corrected chi connectivity index (χ2v) is 8.75. The Kier molecular flexibility index (Phi) is 6.49. The molecule has 1 N–H and O–H groups in total. The molecule has 2 amide bonds.